The van der Waals surface area contributed by atoms with Crippen LogP contribution in [0.5, 0.6) is 0 Å². The fourth-order valence-electron chi connectivity index (χ4n) is 2.15. The van der Waals surface area contributed by atoms with E-state index < -0.39 is 14.9 Å². The van der Waals surface area contributed by atoms with Crippen LogP contribution in [0, 0.1) is 10.1 Å². The Morgan fingerprint density at radius 3 is 2.46 bits per heavy atom. The van der Waals surface area contributed by atoms with Gasteiger partial charge in [-0.05, 0) is 37.1 Å². The summed E-state index contributed by atoms with van der Waals surface area (Å²) in [4.78, 5) is 10.4. The number of rotatable bonds is 6. The summed E-state index contributed by atoms with van der Waals surface area (Å²) >= 11 is 5.94. The third kappa shape index (κ3) is 3.60. The Hall–Kier alpha value is -2.32. The van der Waals surface area contributed by atoms with E-state index in [0.29, 0.717) is 5.69 Å². The van der Waals surface area contributed by atoms with Gasteiger partial charge in [-0.1, -0.05) is 23.7 Å². The second-order valence-corrected chi connectivity index (χ2v) is 7.53. The second-order valence-electron chi connectivity index (χ2n) is 5.44. The molecule has 1 aliphatic carbocycles. The molecule has 24 heavy (non-hydrogen) atoms. The van der Waals surface area contributed by atoms with Crippen LogP contribution in [-0.4, -0.2) is 19.4 Å². The van der Waals surface area contributed by atoms with Crippen LogP contribution >= 0.6 is 11.6 Å². The van der Waals surface area contributed by atoms with E-state index in [1.807, 2.05) is 0 Å². The van der Waals surface area contributed by atoms with Gasteiger partial charge in [0.1, 0.15) is 5.69 Å². The molecule has 0 spiro atoms. The van der Waals surface area contributed by atoms with Gasteiger partial charge in [0.05, 0.1) is 20.5 Å². The topological polar surface area (TPSA) is 101 Å². The van der Waals surface area contributed by atoms with Crippen LogP contribution in [0.2, 0.25) is 5.02 Å². The fourth-order valence-corrected chi connectivity index (χ4v) is 3.49. The van der Waals surface area contributed by atoms with E-state index in [1.54, 1.807) is 18.2 Å². The lowest BCUT2D eigenvalue weighted by atomic mass is 10.2. The Balaban J connectivity index is 1.94. The van der Waals surface area contributed by atoms with Gasteiger partial charge >= 0.3 is 0 Å². The fraction of sp³-hybridized carbons (Fsp3) is 0.200. The van der Waals surface area contributed by atoms with Crippen LogP contribution in [-0.2, 0) is 10.0 Å². The maximum atomic E-state index is 12.5. The molecule has 0 aromatic heterocycles. The third-order valence-electron chi connectivity index (χ3n) is 3.53. The Kier molecular flexibility index (Phi) is 4.33. The van der Waals surface area contributed by atoms with Crippen molar-refractivity contribution in [2.24, 2.45) is 0 Å². The van der Waals surface area contributed by atoms with E-state index in [0.717, 1.165) is 18.9 Å². The molecule has 0 heterocycles. The highest BCUT2D eigenvalue weighted by atomic mass is 35.5. The average Bonchev–Trinajstić information content (AvgIpc) is 3.33. The molecule has 0 unspecified atom stereocenters. The van der Waals surface area contributed by atoms with Crippen molar-refractivity contribution >= 4 is 38.7 Å². The summed E-state index contributed by atoms with van der Waals surface area (Å²) in [5.41, 5.74) is 0.255. The molecule has 2 aromatic carbocycles. The number of nitrogens with one attached hydrogen (secondary N) is 2. The second kappa shape index (κ2) is 6.29. The Bertz CT molecular complexity index is 897. The summed E-state index contributed by atoms with van der Waals surface area (Å²) in [5, 5.41) is 14.5. The molecular weight excluding hydrogens is 354 g/mol. The predicted molar refractivity (Wildman–Crippen MR) is 92.0 cm³/mol. The van der Waals surface area contributed by atoms with Crippen LogP contribution in [0.3, 0.4) is 0 Å². The molecule has 0 bridgehead atoms. The SMILES string of the molecule is O=[N+]([O-])c1cc(S(=O)(=O)Nc2ccccc2Cl)ccc1NC1CC1. The lowest BCUT2D eigenvalue weighted by molar-refractivity contribution is -0.384. The third-order valence-corrected chi connectivity index (χ3v) is 5.22. The lowest BCUT2D eigenvalue weighted by Crippen LogP contribution is -2.14. The van der Waals surface area contributed by atoms with Crippen molar-refractivity contribution in [3.05, 3.63) is 57.6 Å². The Labute approximate surface area is 143 Å². The summed E-state index contributed by atoms with van der Waals surface area (Å²) in [5.74, 6) is 0. The van der Waals surface area contributed by atoms with Crippen molar-refractivity contribution in [3.8, 4) is 0 Å². The number of nitrogens with zero attached hydrogens (tertiary/aromatic N) is 1. The molecule has 1 aliphatic rings. The number of hydrogen-bond acceptors (Lipinski definition) is 5. The first-order valence-electron chi connectivity index (χ1n) is 7.19. The molecule has 2 N–H and O–H groups in total. The number of benzene rings is 2. The van der Waals surface area contributed by atoms with E-state index in [-0.39, 0.29) is 27.3 Å². The first-order chi connectivity index (χ1) is 11.4. The largest absolute Gasteiger partial charge is 0.377 e. The molecule has 1 fully saturated rings. The van der Waals surface area contributed by atoms with Crippen molar-refractivity contribution in [1.82, 2.24) is 0 Å². The molecule has 7 nitrogen and oxygen atoms in total. The van der Waals surface area contributed by atoms with Gasteiger partial charge in [0.2, 0.25) is 0 Å². The lowest BCUT2D eigenvalue weighted by Gasteiger charge is -2.11. The van der Waals surface area contributed by atoms with Gasteiger partial charge in [-0.2, -0.15) is 0 Å². The molecule has 2 aromatic rings. The number of nitro benzene ring substituents is 1. The zero-order chi connectivity index (χ0) is 17.3. The van der Waals surface area contributed by atoms with E-state index in [2.05, 4.69) is 10.0 Å². The van der Waals surface area contributed by atoms with Gasteiger partial charge in [0.25, 0.3) is 15.7 Å². The summed E-state index contributed by atoms with van der Waals surface area (Å²) in [6.45, 7) is 0. The summed E-state index contributed by atoms with van der Waals surface area (Å²) in [7, 11) is -3.99. The summed E-state index contributed by atoms with van der Waals surface area (Å²) < 4.78 is 27.3. The molecule has 0 saturated heterocycles. The molecular formula is C15H14ClN3O4S. The number of sulfonamides is 1. The van der Waals surface area contributed by atoms with E-state index in [1.165, 1.54) is 18.2 Å². The molecule has 3 rings (SSSR count). The number of hydrogen-bond donors (Lipinski definition) is 2. The smallest absolute Gasteiger partial charge is 0.293 e. The maximum absolute atomic E-state index is 12.5. The van der Waals surface area contributed by atoms with Gasteiger partial charge in [0, 0.05) is 12.1 Å². The van der Waals surface area contributed by atoms with Gasteiger partial charge in [-0.25, -0.2) is 8.42 Å². The Morgan fingerprint density at radius 2 is 1.83 bits per heavy atom. The van der Waals surface area contributed by atoms with Crippen LogP contribution < -0.4 is 10.0 Å². The molecule has 0 amide bonds. The number of nitro groups is 1. The highest BCUT2D eigenvalue weighted by molar-refractivity contribution is 7.92. The molecule has 126 valence electrons. The van der Waals surface area contributed by atoms with E-state index >= 15 is 0 Å². The van der Waals surface area contributed by atoms with Crippen molar-refractivity contribution in [2.75, 3.05) is 10.0 Å². The number of halogens is 1. The first-order valence-corrected chi connectivity index (χ1v) is 9.05. The maximum Gasteiger partial charge on any atom is 0.293 e. The van der Waals surface area contributed by atoms with Crippen LogP contribution in [0.25, 0.3) is 0 Å². The standard InChI is InChI=1S/C15H14ClN3O4S/c16-12-3-1-2-4-13(12)18-24(22,23)11-7-8-14(17-10-5-6-10)15(9-11)19(20)21/h1-4,7-10,17-18H,5-6H2. The van der Waals surface area contributed by atoms with Gasteiger partial charge in [0.15, 0.2) is 0 Å². The highest BCUT2D eigenvalue weighted by Crippen LogP contribution is 2.33. The predicted octanol–water partition coefficient (Wildman–Crippen LogP) is 3.62. The van der Waals surface area contributed by atoms with Crippen molar-refractivity contribution in [3.63, 3.8) is 0 Å². The number of anilines is 2. The molecule has 9 heteroatoms. The van der Waals surface area contributed by atoms with Crippen LogP contribution in [0.15, 0.2) is 47.4 Å². The van der Waals surface area contributed by atoms with Crippen LogP contribution in [0.4, 0.5) is 17.1 Å². The van der Waals surface area contributed by atoms with Crippen molar-refractivity contribution in [2.45, 2.75) is 23.8 Å². The van der Waals surface area contributed by atoms with E-state index in [9.17, 15) is 18.5 Å². The normalized spacial score (nSPS) is 14.2. The Morgan fingerprint density at radius 1 is 1.12 bits per heavy atom. The minimum atomic E-state index is -3.99. The van der Waals surface area contributed by atoms with Crippen molar-refractivity contribution in [1.29, 1.82) is 0 Å². The minimum absolute atomic E-state index is 0.199. The van der Waals surface area contributed by atoms with E-state index in [4.69, 9.17) is 11.6 Å². The van der Waals surface area contributed by atoms with Gasteiger partial charge < -0.3 is 5.32 Å². The minimum Gasteiger partial charge on any atom is -0.377 e. The van der Waals surface area contributed by atoms with Crippen LogP contribution in [0.1, 0.15) is 12.8 Å². The zero-order valence-corrected chi connectivity index (χ0v) is 14.0. The molecule has 0 aliphatic heterocycles. The van der Waals surface area contributed by atoms with Crippen molar-refractivity contribution < 1.29 is 13.3 Å². The first kappa shape index (κ1) is 16.5. The highest BCUT2D eigenvalue weighted by Gasteiger charge is 2.27. The summed E-state index contributed by atoms with van der Waals surface area (Å²) in [6, 6.07) is 10.4. The summed E-state index contributed by atoms with van der Waals surface area (Å²) in [6.07, 6.45) is 1.90. The van der Waals surface area contributed by atoms with Gasteiger partial charge in [-0.3, -0.25) is 14.8 Å². The molecule has 0 atom stereocenters. The monoisotopic (exact) mass is 367 g/mol. The molecule has 0 radical (unpaired) electrons. The average molecular weight is 368 g/mol. The molecule has 1 saturated carbocycles. The van der Waals surface area contributed by atoms with Gasteiger partial charge in [-0.15, -0.1) is 0 Å². The quantitative estimate of drug-likeness (QED) is 0.599. The number of para-hydroxylation sites is 1. The zero-order valence-electron chi connectivity index (χ0n) is 12.4.